The molecular formula is C18H22N2O3S. The van der Waals surface area contributed by atoms with Gasteiger partial charge >= 0.3 is 0 Å². The van der Waals surface area contributed by atoms with Crippen LogP contribution in [0.4, 0.5) is 0 Å². The minimum atomic E-state index is -0.588. The van der Waals surface area contributed by atoms with E-state index in [0.717, 1.165) is 37.0 Å². The first-order valence-corrected chi connectivity index (χ1v) is 8.83. The molecule has 2 rings (SSSR count). The van der Waals surface area contributed by atoms with Gasteiger partial charge in [0, 0.05) is 16.6 Å². The van der Waals surface area contributed by atoms with Gasteiger partial charge in [0.05, 0.1) is 10.4 Å². The van der Waals surface area contributed by atoms with E-state index in [-0.39, 0.29) is 16.8 Å². The summed E-state index contributed by atoms with van der Waals surface area (Å²) in [5, 5.41) is 5.49. The number of aryl methyl sites for hydroxylation is 1. The maximum Gasteiger partial charge on any atom is 0.293 e. The van der Waals surface area contributed by atoms with E-state index in [0.29, 0.717) is 16.1 Å². The van der Waals surface area contributed by atoms with Gasteiger partial charge in [-0.3, -0.25) is 14.4 Å². The van der Waals surface area contributed by atoms with Gasteiger partial charge in [-0.15, -0.1) is 11.3 Å². The third-order valence-corrected chi connectivity index (χ3v) is 5.12. The molecule has 1 aromatic rings. The van der Waals surface area contributed by atoms with Crippen molar-refractivity contribution in [2.75, 3.05) is 0 Å². The topological polar surface area (TPSA) is 75.3 Å². The molecule has 1 saturated carbocycles. The lowest BCUT2D eigenvalue weighted by atomic mass is 10.2. The van der Waals surface area contributed by atoms with Crippen molar-refractivity contribution in [3.05, 3.63) is 45.8 Å². The number of rotatable bonds is 6. The Bertz CT molecular complexity index is 697. The summed E-state index contributed by atoms with van der Waals surface area (Å²) in [6.07, 6.45) is 7.28. The SMILES string of the molecule is C=C/C(=C\C)NC(=O)c1cc(C(=O)C(=O)NC2CCCC2)sc1C. The van der Waals surface area contributed by atoms with Gasteiger partial charge in [0.25, 0.3) is 17.6 Å². The first-order valence-electron chi connectivity index (χ1n) is 8.02. The molecule has 1 aliphatic carbocycles. The van der Waals surface area contributed by atoms with Gasteiger partial charge in [0.15, 0.2) is 0 Å². The van der Waals surface area contributed by atoms with Crippen LogP contribution in [0.1, 0.15) is 57.5 Å². The molecule has 128 valence electrons. The fraction of sp³-hybridized carbons (Fsp3) is 0.389. The summed E-state index contributed by atoms with van der Waals surface area (Å²) in [5.74, 6) is -1.48. The average Bonchev–Trinajstić information content (AvgIpc) is 3.21. The third-order valence-electron chi connectivity index (χ3n) is 4.07. The number of amides is 2. The molecule has 1 aromatic heterocycles. The summed E-state index contributed by atoms with van der Waals surface area (Å²) in [6.45, 7) is 7.17. The number of hydrogen-bond donors (Lipinski definition) is 2. The second-order valence-electron chi connectivity index (χ2n) is 5.77. The Morgan fingerprint density at radius 3 is 2.54 bits per heavy atom. The molecule has 1 heterocycles. The fourth-order valence-electron chi connectivity index (χ4n) is 2.69. The summed E-state index contributed by atoms with van der Waals surface area (Å²) in [5.41, 5.74) is 0.996. The van der Waals surface area contributed by atoms with Gasteiger partial charge in [-0.1, -0.05) is 25.5 Å². The Hall–Kier alpha value is -2.21. The van der Waals surface area contributed by atoms with E-state index < -0.39 is 11.7 Å². The molecule has 24 heavy (non-hydrogen) atoms. The number of carbonyl (C=O) groups excluding carboxylic acids is 3. The lowest BCUT2D eigenvalue weighted by Crippen LogP contribution is -2.37. The summed E-state index contributed by atoms with van der Waals surface area (Å²) in [4.78, 5) is 37.6. The number of carbonyl (C=O) groups is 3. The molecule has 2 amide bonds. The average molecular weight is 346 g/mol. The van der Waals surface area contributed by atoms with Gasteiger partial charge in [-0.2, -0.15) is 0 Å². The van der Waals surface area contributed by atoms with E-state index in [1.54, 1.807) is 26.0 Å². The van der Waals surface area contributed by atoms with Crippen LogP contribution in [0.3, 0.4) is 0 Å². The highest BCUT2D eigenvalue weighted by Crippen LogP contribution is 2.23. The second-order valence-corrected chi connectivity index (χ2v) is 7.02. The quantitative estimate of drug-likeness (QED) is 0.472. The highest BCUT2D eigenvalue weighted by Gasteiger charge is 2.25. The van der Waals surface area contributed by atoms with Crippen molar-refractivity contribution in [3.8, 4) is 0 Å². The molecule has 1 aliphatic rings. The van der Waals surface area contributed by atoms with Crippen LogP contribution in [-0.4, -0.2) is 23.6 Å². The molecule has 5 nitrogen and oxygen atoms in total. The predicted octanol–water partition coefficient (Wildman–Crippen LogP) is 3.12. The zero-order chi connectivity index (χ0) is 17.7. The molecule has 0 radical (unpaired) electrons. The summed E-state index contributed by atoms with van der Waals surface area (Å²) in [6, 6.07) is 1.58. The molecule has 0 bridgehead atoms. The van der Waals surface area contributed by atoms with Crippen LogP contribution in [0.15, 0.2) is 30.5 Å². The highest BCUT2D eigenvalue weighted by molar-refractivity contribution is 7.15. The zero-order valence-electron chi connectivity index (χ0n) is 14.0. The number of Topliss-reactive ketones (excluding diaryl/α,β-unsaturated/α-hetero) is 1. The third kappa shape index (κ3) is 4.20. The lowest BCUT2D eigenvalue weighted by molar-refractivity contribution is -0.117. The van der Waals surface area contributed by atoms with Crippen LogP contribution >= 0.6 is 11.3 Å². The molecule has 0 unspecified atom stereocenters. The van der Waals surface area contributed by atoms with Crippen molar-refractivity contribution in [1.29, 1.82) is 0 Å². The molecule has 0 aromatic carbocycles. The Morgan fingerprint density at radius 2 is 1.96 bits per heavy atom. The maximum atomic E-state index is 12.3. The monoisotopic (exact) mass is 346 g/mol. The number of hydrogen-bond acceptors (Lipinski definition) is 4. The van der Waals surface area contributed by atoms with Gasteiger partial charge in [0.2, 0.25) is 0 Å². The van der Waals surface area contributed by atoms with E-state index in [2.05, 4.69) is 17.2 Å². The Balaban J connectivity index is 2.09. The Kier molecular flexibility index (Phi) is 6.09. The molecule has 0 spiro atoms. The largest absolute Gasteiger partial charge is 0.346 e. The standard InChI is InChI=1S/C18H22N2O3S/c1-4-12(5-2)19-17(22)14-10-15(24-11(14)3)16(21)18(23)20-13-8-6-7-9-13/h4-5,10,13H,1,6-9H2,2-3H3,(H,19,22)(H,20,23)/b12-5+. The van der Waals surface area contributed by atoms with Crippen LogP contribution in [0.5, 0.6) is 0 Å². The van der Waals surface area contributed by atoms with E-state index in [1.165, 1.54) is 6.07 Å². The first kappa shape index (κ1) is 18.1. The number of thiophene rings is 1. The van der Waals surface area contributed by atoms with E-state index in [4.69, 9.17) is 0 Å². The van der Waals surface area contributed by atoms with Gasteiger partial charge in [-0.05, 0) is 38.8 Å². The zero-order valence-corrected chi connectivity index (χ0v) is 14.8. The van der Waals surface area contributed by atoms with Crippen molar-refractivity contribution in [1.82, 2.24) is 10.6 Å². The van der Waals surface area contributed by atoms with Crippen LogP contribution in [0, 0.1) is 6.92 Å². The van der Waals surface area contributed by atoms with Crippen molar-refractivity contribution in [3.63, 3.8) is 0 Å². The normalized spacial score (nSPS) is 15.2. The van der Waals surface area contributed by atoms with Gasteiger partial charge < -0.3 is 10.6 Å². The maximum absolute atomic E-state index is 12.3. The van der Waals surface area contributed by atoms with Crippen molar-refractivity contribution >= 4 is 28.9 Å². The summed E-state index contributed by atoms with van der Waals surface area (Å²) >= 11 is 1.16. The van der Waals surface area contributed by atoms with E-state index in [9.17, 15) is 14.4 Å². The van der Waals surface area contributed by atoms with Gasteiger partial charge in [0.1, 0.15) is 0 Å². The Labute approximate surface area is 145 Å². The minimum Gasteiger partial charge on any atom is -0.346 e. The highest BCUT2D eigenvalue weighted by atomic mass is 32.1. The number of allylic oxidation sites excluding steroid dienone is 2. The molecule has 0 atom stereocenters. The number of ketones is 1. The Morgan fingerprint density at radius 1 is 1.29 bits per heavy atom. The van der Waals surface area contributed by atoms with Crippen LogP contribution < -0.4 is 10.6 Å². The van der Waals surface area contributed by atoms with E-state index in [1.807, 2.05) is 0 Å². The van der Waals surface area contributed by atoms with Crippen molar-refractivity contribution < 1.29 is 14.4 Å². The van der Waals surface area contributed by atoms with E-state index >= 15 is 0 Å². The molecule has 6 heteroatoms. The molecule has 1 fully saturated rings. The molecule has 2 N–H and O–H groups in total. The van der Waals surface area contributed by atoms with Crippen LogP contribution in [-0.2, 0) is 4.79 Å². The summed E-state index contributed by atoms with van der Waals surface area (Å²) in [7, 11) is 0. The van der Waals surface area contributed by atoms with Gasteiger partial charge in [-0.25, -0.2) is 0 Å². The first-order chi connectivity index (χ1) is 11.5. The second kappa shape index (κ2) is 8.06. The molecule has 0 saturated heterocycles. The minimum absolute atomic E-state index is 0.0927. The predicted molar refractivity (Wildman–Crippen MR) is 95.2 cm³/mol. The number of nitrogens with one attached hydrogen (secondary N) is 2. The van der Waals surface area contributed by atoms with Crippen LogP contribution in [0.25, 0.3) is 0 Å². The molecular weight excluding hydrogens is 324 g/mol. The van der Waals surface area contributed by atoms with Crippen molar-refractivity contribution in [2.45, 2.75) is 45.6 Å². The lowest BCUT2D eigenvalue weighted by Gasteiger charge is -2.10. The summed E-state index contributed by atoms with van der Waals surface area (Å²) < 4.78 is 0. The van der Waals surface area contributed by atoms with Crippen molar-refractivity contribution in [2.24, 2.45) is 0 Å². The smallest absolute Gasteiger partial charge is 0.293 e. The van der Waals surface area contributed by atoms with Crippen LogP contribution in [0.2, 0.25) is 0 Å². The fourth-order valence-corrected chi connectivity index (χ4v) is 3.65. The molecule has 0 aliphatic heterocycles.